The first-order valence-corrected chi connectivity index (χ1v) is 6.78. The zero-order valence-corrected chi connectivity index (χ0v) is 11.9. The van der Waals surface area contributed by atoms with E-state index in [2.05, 4.69) is 36.3 Å². The Labute approximate surface area is 114 Å². The molecule has 0 fully saturated rings. The molecule has 0 aliphatic heterocycles. The fourth-order valence-electron chi connectivity index (χ4n) is 1.72. The van der Waals surface area contributed by atoms with E-state index in [1.165, 1.54) is 0 Å². The molecular weight excluding hydrogens is 236 g/mol. The Bertz CT molecular complexity index is 502. The van der Waals surface area contributed by atoms with Crippen LogP contribution >= 0.6 is 0 Å². The Hall–Kier alpha value is -1.68. The zero-order valence-electron chi connectivity index (χ0n) is 11.9. The van der Waals surface area contributed by atoms with Gasteiger partial charge in [0.15, 0.2) is 0 Å². The minimum atomic E-state index is 0.329. The molecule has 0 spiro atoms. The molecule has 4 heteroatoms. The summed E-state index contributed by atoms with van der Waals surface area (Å²) < 4.78 is 0. The standard InChI is InChI=1S/C15H22N4/c1-4-15(2,3)12-16-10-13-11-17-19(18-13)14-8-6-5-7-9-14/h5-9,11,16H,4,10,12H2,1-3H3. The van der Waals surface area contributed by atoms with Crippen molar-refractivity contribution in [2.75, 3.05) is 6.54 Å². The molecule has 0 amide bonds. The summed E-state index contributed by atoms with van der Waals surface area (Å²) in [5, 5.41) is 12.2. The average Bonchev–Trinajstić information content (AvgIpc) is 2.88. The van der Waals surface area contributed by atoms with E-state index in [1.807, 2.05) is 36.5 Å². The fraction of sp³-hybridized carbons (Fsp3) is 0.467. The maximum atomic E-state index is 4.47. The lowest BCUT2D eigenvalue weighted by Gasteiger charge is -2.22. The van der Waals surface area contributed by atoms with Crippen molar-refractivity contribution < 1.29 is 0 Å². The summed E-state index contributed by atoms with van der Waals surface area (Å²) in [6.45, 7) is 8.49. The molecule has 1 heterocycles. The minimum Gasteiger partial charge on any atom is -0.311 e. The topological polar surface area (TPSA) is 42.7 Å². The summed E-state index contributed by atoms with van der Waals surface area (Å²) in [4.78, 5) is 1.67. The lowest BCUT2D eigenvalue weighted by molar-refractivity contribution is 0.327. The van der Waals surface area contributed by atoms with E-state index in [-0.39, 0.29) is 0 Å². The predicted molar refractivity (Wildman–Crippen MR) is 77.1 cm³/mol. The first-order chi connectivity index (χ1) is 9.11. The first kappa shape index (κ1) is 13.7. The van der Waals surface area contributed by atoms with Gasteiger partial charge in [0.1, 0.15) is 0 Å². The number of nitrogens with zero attached hydrogens (tertiary/aromatic N) is 3. The number of hydrogen-bond donors (Lipinski definition) is 1. The Morgan fingerprint density at radius 3 is 2.63 bits per heavy atom. The molecule has 1 aromatic carbocycles. The highest BCUT2D eigenvalue weighted by molar-refractivity contribution is 5.28. The number of rotatable bonds is 6. The first-order valence-electron chi connectivity index (χ1n) is 6.78. The molecule has 19 heavy (non-hydrogen) atoms. The summed E-state index contributed by atoms with van der Waals surface area (Å²) in [5.74, 6) is 0. The Balaban J connectivity index is 1.92. The molecule has 1 N–H and O–H groups in total. The van der Waals surface area contributed by atoms with Gasteiger partial charge in [-0.15, -0.1) is 0 Å². The van der Waals surface area contributed by atoms with Crippen LogP contribution in [0, 0.1) is 5.41 Å². The Morgan fingerprint density at radius 2 is 1.95 bits per heavy atom. The van der Waals surface area contributed by atoms with E-state index in [4.69, 9.17) is 0 Å². The second-order valence-electron chi connectivity index (χ2n) is 5.58. The summed E-state index contributed by atoms with van der Waals surface area (Å²) in [7, 11) is 0. The van der Waals surface area contributed by atoms with Gasteiger partial charge in [-0.05, 0) is 24.0 Å². The van der Waals surface area contributed by atoms with Crippen LogP contribution in [0.25, 0.3) is 5.69 Å². The summed E-state index contributed by atoms with van der Waals surface area (Å²) in [6, 6.07) is 9.96. The van der Waals surface area contributed by atoms with Crippen molar-refractivity contribution in [3.05, 3.63) is 42.2 Å². The normalized spacial score (nSPS) is 11.7. The molecule has 2 rings (SSSR count). The van der Waals surface area contributed by atoms with Crippen molar-refractivity contribution in [1.82, 2.24) is 20.3 Å². The van der Waals surface area contributed by atoms with E-state index < -0.39 is 0 Å². The summed E-state index contributed by atoms with van der Waals surface area (Å²) >= 11 is 0. The van der Waals surface area contributed by atoms with Gasteiger partial charge < -0.3 is 5.32 Å². The van der Waals surface area contributed by atoms with Gasteiger partial charge in [0, 0.05) is 13.1 Å². The van der Waals surface area contributed by atoms with Crippen molar-refractivity contribution in [3.63, 3.8) is 0 Å². The van der Waals surface area contributed by atoms with Crippen LogP contribution in [0.2, 0.25) is 0 Å². The second-order valence-corrected chi connectivity index (χ2v) is 5.58. The summed E-state index contributed by atoms with van der Waals surface area (Å²) in [5.41, 5.74) is 2.29. The van der Waals surface area contributed by atoms with Crippen molar-refractivity contribution >= 4 is 0 Å². The highest BCUT2D eigenvalue weighted by Crippen LogP contribution is 2.17. The summed E-state index contributed by atoms with van der Waals surface area (Å²) in [6.07, 6.45) is 2.98. The van der Waals surface area contributed by atoms with Gasteiger partial charge in [-0.25, -0.2) is 0 Å². The molecule has 0 saturated heterocycles. The molecule has 4 nitrogen and oxygen atoms in total. The number of para-hydroxylation sites is 1. The smallest absolute Gasteiger partial charge is 0.0969 e. The van der Waals surface area contributed by atoms with Gasteiger partial charge in [-0.3, -0.25) is 0 Å². The van der Waals surface area contributed by atoms with Gasteiger partial charge >= 0.3 is 0 Å². The van der Waals surface area contributed by atoms with Crippen molar-refractivity contribution in [2.45, 2.75) is 33.7 Å². The fourth-order valence-corrected chi connectivity index (χ4v) is 1.72. The van der Waals surface area contributed by atoms with Crippen LogP contribution in [0.5, 0.6) is 0 Å². The van der Waals surface area contributed by atoms with E-state index in [0.29, 0.717) is 5.41 Å². The number of nitrogens with one attached hydrogen (secondary N) is 1. The molecule has 0 radical (unpaired) electrons. The third-order valence-corrected chi connectivity index (χ3v) is 3.39. The van der Waals surface area contributed by atoms with Crippen molar-refractivity contribution in [1.29, 1.82) is 0 Å². The Morgan fingerprint density at radius 1 is 1.21 bits per heavy atom. The van der Waals surface area contributed by atoms with Crippen LogP contribution < -0.4 is 5.32 Å². The monoisotopic (exact) mass is 258 g/mol. The van der Waals surface area contributed by atoms with Crippen LogP contribution in [0.15, 0.2) is 36.5 Å². The minimum absolute atomic E-state index is 0.329. The van der Waals surface area contributed by atoms with Gasteiger partial charge in [-0.1, -0.05) is 39.0 Å². The van der Waals surface area contributed by atoms with Crippen molar-refractivity contribution in [2.24, 2.45) is 5.41 Å². The maximum Gasteiger partial charge on any atom is 0.0969 e. The largest absolute Gasteiger partial charge is 0.311 e. The van der Waals surface area contributed by atoms with E-state index >= 15 is 0 Å². The Kier molecular flexibility index (Phi) is 4.32. The third kappa shape index (κ3) is 3.89. The van der Waals surface area contributed by atoms with Crippen LogP contribution in [0.1, 0.15) is 32.9 Å². The van der Waals surface area contributed by atoms with Crippen LogP contribution in [0.3, 0.4) is 0 Å². The lowest BCUT2D eigenvalue weighted by Crippen LogP contribution is -2.28. The average molecular weight is 258 g/mol. The predicted octanol–water partition coefficient (Wildman–Crippen LogP) is 2.79. The molecule has 0 unspecified atom stereocenters. The third-order valence-electron chi connectivity index (χ3n) is 3.39. The molecule has 1 aromatic heterocycles. The van der Waals surface area contributed by atoms with Crippen molar-refractivity contribution in [3.8, 4) is 5.69 Å². The molecule has 0 aliphatic rings. The highest BCUT2D eigenvalue weighted by atomic mass is 15.5. The van der Waals surface area contributed by atoms with E-state index in [0.717, 1.165) is 30.9 Å². The molecular formula is C15H22N4. The van der Waals surface area contributed by atoms with Crippen LogP contribution in [-0.2, 0) is 6.54 Å². The van der Waals surface area contributed by atoms with Gasteiger partial charge in [0.25, 0.3) is 0 Å². The molecule has 0 atom stereocenters. The molecule has 102 valence electrons. The molecule has 0 bridgehead atoms. The van der Waals surface area contributed by atoms with Gasteiger partial charge in [-0.2, -0.15) is 15.0 Å². The van der Waals surface area contributed by atoms with Crippen LogP contribution in [0.4, 0.5) is 0 Å². The lowest BCUT2D eigenvalue weighted by atomic mass is 9.90. The quantitative estimate of drug-likeness (QED) is 0.866. The number of aromatic nitrogens is 3. The number of benzene rings is 1. The molecule has 2 aromatic rings. The highest BCUT2D eigenvalue weighted by Gasteiger charge is 2.14. The zero-order chi connectivity index (χ0) is 13.7. The second kappa shape index (κ2) is 5.97. The maximum absolute atomic E-state index is 4.47. The number of hydrogen-bond acceptors (Lipinski definition) is 3. The van der Waals surface area contributed by atoms with Gasteiger partial charge in [0.05, 0.1) is 17.6 Å². The van der Waals surface area contributed by atoms with Gasteiger partial charge in [0.2, 0.25) is 0 Å². The molecule has 0 saturated carbocycles. The van der Waals surface area contributed by atoms with Crippen LogP contribution in [-0.4, -0.2) is 21.5 Å². The van der Waals surface area contributed by atoms with E-state index in [9.17, 15) is 0 Å². The SMILES string of the molecule is CCC(C)(C)CNCc1cnn(-c2ccccc2)n1. The van der Waals surface area contributed by atoms with E-state index in [1.54, 1.807) is 4.80 Å². The molecule has 0 aliphatic carbocycles.